The molecule has 0 spiro atoms. The minimum Gasteiger partial charge on any atom is -0.459 e. The van der Waals surface area contributed by atoms with Gasteiger partial charge in [0.25, 0.3) is 0 Å². The van der Waals surface area contributed by atoms with Crippen LogP contribution in [-0.2, 0) is 0 Å². The Morgan fingerprint density at radius 1 is 1.35 bits per heavy atom. The summed E-state index contributed by atoms with van der Waals surface area (Å²) in [5, 5.41) is 5.13. The van der Waals surface area contributed by atoms with Gasteiger partial charge < -0.3 is 4.42 Å². The molecule has 1 amide bonds. The van der Waals surface area contributed by atoms with E-state index in [2.05, 4.69) is 10.5 Å². The summed E-state index contributed by atoms with van der Waals surface area (Å²) >= 11 is 12.0. The highest BCUT2D eigenvalue weighted by Gasteiger charge is 2.10. The molecular weight excluding hydrogens is 299 g/mol. The maximum atomic E-state index is 11.7. The number of nitrogens with one attached hydrogen (secondary N) is 1. The molecule has 0 bridgehead atoms. The molecule has 1 aromatic heterocycles. The Morgan fingerprint density at radius 3 is 2.75 bits per heavy atom. The van der Waals surface area contributed by atoms with Crippen LogP contribution in [0.4, 0.5) is 0 Å². The zero-order chi connectivity index (χ0) is 14.5. The first-order valence-corrected chi connectivity index (χ1v) is 6.73. The Hall–Kier alpha value is -1.78. The van der Waals surface area contributed by atoms with Gasteiger partial charge in [-0.2, -0.15) is 5.10 Å². The number of hydrogen-bond acceptors (Lipinski definition) is 3. The molecule has 0 aliphatic heterocycles. The van der Waals surface area contributed by atoms with Crippen LogP contribution in [0.1, 0.15) is 29.5 Å². The highest BCUT2D eigenvalue weighted by atomic mass is 35.5. The van der Waals surface area contributed by atoms with E-state index in [1.807, 2.05) is 6.92 Å². The van der Waals surface area contributed by atoms with E-state index < -0.39 is 5.91 Å². The van der Waals surface area contributed by atoms with Gasteiger partial charge in [-0.25, -0.2) is 5.43 Å². The highest BCUT2D eigenvalue weighted by molar-refractivity contribution is 6.37. The first-order valence-electron chi connectivity index (χ1n) is 5.97. The van der Waals surface area contributed by atoms with Crippen LogP contribution >= 0.6 is 23.2 Å². The lowest BCUT2D eigenvalue weighted by Crippen LogP contribution is -2.19. The minimum absolute atomic E-state index is 0.200. The quantitative estimate of drug-likeness (QED) is 0.682. The van der Waals surface area contributed by atoms with Crippen molar-refractivity contribution in [1.29, 1.82) is 0 Å². The second-order valence-electron chi connectivity index (χ2n) is 3.95. The number of carbonyl (C=O) groups is 1. The molecule has 6 heteroatoms. The Kier molecular flexibility index (Phi) is 4.82. The third kappa shape index (κ3) is 3.40. The van der Waals surface area contributed by atoms with Gasteiger partial charge in [-0.1, -0.05) is 36.2 Å². The fourth-order valence-corrected chi connectivity index (χ4v) is 2.15. The summed E-state index contributed by atoms with van der Waals surface area (Å²) in [6.45, 7) is 1.92. The van der Waals surface area contributed by atoms with Gasteiger partial charge in [-0.15, -0.1) is 0 Å². The average Bonchev–Trinajstić information content (AvgIpc) is 2.95. The highest BCUT2D eigenvalue weighted by Crippen LogP contribution is 2.22. The number of carbonyl (C=O) groups excluding carboxylic acids is 1. The van der Waals surface area contributed by atoms with Crippen LogP contribution in [0.5, 0.6) is 0 Å². The molecule has 0 aliphatic rings. The van der Waals surface area contributed by atoms with Crippen molar-refractivity contribution in [2.45, 2.75) is 13.3 Å². The molecule has 2 rings (SSSR count). The normalized spacial score (nSPS) is 11.4. The zero-order valence-electron chi connectivity index (χ0n) is 10.7. The van der Waals surface area contributed by atoms with E-state index in [4.69, 9.17) is 27.6 Å². The van der Waals surface area contributed by atoms with Crippen molar-refractivity contribution >= 4 is 34.8 Å². The lowest BCUT2D eigenvalue weighted by atomic mass is 10.1. The number of hydrazone groups is 1. The Morgan fingerprint density at radius 2 is 2.15 bits per heavy atom. The molecule has 104 valence electrons. The zero-order valence-corrected chi connectivity index (χ0v) is 12.2. The topological polar surface area (TPSA) is 54.6 Å². The van der Waals surface area contributed by atoms with Crippen LogP contribution < -0.4 is 5.43 Å². The number of halogens is 2. The van der Waals surface area contributed by atoms with Gasteiger partial charge in [-0.05, 0) is 30.7 Å². The van der Waals surface area contributed by atoms with Gasteiger partial charge in [0.05, 0.1) is 17.0 Å². The van der Waals surface area contributed by atoms with Gasteiger partial charge in [-0.3, -0.25) is 4.79 Å². The summed E-state index contributed by atoms with van der Waals surface area (Å²) in [5.74, 6) is -0.211. The van der Waals surface area contributed by atoms with E-state index in [0.717, 1.165) is 5.56 Å². The van der Waals surface area contributed by atoms with Crippen molar-refractivity contribution in [2.24, 2.45) is 5.10 Å². The van der Waals surface area contributed by atoms with E-state index >= 15 is 0 Å². The van der Waals surface area contributed by atoms with Crippen molar-refractivity contribution in [2.75, 3.05) is 0 Å². The van der Waals surface area contributed by atoms with Crippen LogP contribution in [0, 0.1) is 0 Å². The van der Waals surface area contributed by atoms with Gasteiger partial charge in [0, 0.05) is 10.6 Å². The summed E-state index contributed by atoms with van der Waals surface area (Å²) in [5.41, 5.74) is 3.83. The molecule has 4 nitrogen and oxygen atoms in total. The fourth-order valence-electron chi connectivity index (χ4n) is 1.63. The number of amides is 1. The predicted octanol–water partition coefficient (Wildman–Crippen LogP) is 4.13. The Bertz CT molecular complexity index is 637. The van der Waals surface area contributed by atoms with E-state index in [-0.39, 0.29) is 5.76 Å². The summed E-state index contributed by atoms with van der Waals surface area (Å²) < 4.78 is 4.98. The third-order valence-corrected chi connectivity index (χ3v) is 3.16. The molecule has 1 aromatic carbocycles. The van der Waals surface area contributed by atoms with Gasteiger partial charge in [0.2, 0.25) is 0 Å². The summed E-state index contributed by atoms with van der Waals surface area (Å²) in [6.07, 6.45) is 2.04. The van der Waals surface area contributed by atoms with Gasteiger partial charge >= 0.3 is 5.91 Å². The van der Waals surface area contributed by atoms with Crippen LogP contribution in [0.3, 0.4) is 0 Å². The summed E-state index contributed by atoms with van der Waals surface area (Å²) in [6, 6.07) is 8.33. The molecule has 1 heterocycles. The maximum Gasteiger partial charge on any atom is 0.307 e. The number of benzene rings is 1. The first-order chi connectivity index (χ1) is 9.61. The van der Waals surface area contributed by atoms with Crippen molar-refractivity contribution in [3.63, 3.8) is 0 Å². The summed E-state index contributed by atoms with van der Waals surface area (Å²) in [7, 11) is 0. The summed E-state index contributed by atoms with van der Waals surface area (Å²) in [4.78, 5) is 11.7. The number of hydrogen-bond donors (Lipinski definition) is 1. The fraction of sp³-hybridized carbons (Fsp3) is 0.143. The SMILES string of the molecule is CCC(=NNC(=O)c1ccco1)c1ccc(Cl)cc1Cl. The van der Waals surface area contributed by atoms with Crippen molar-refractivity contribution in [1.82, 2.24) is 5.43 Å². The smallest absolute Gasteiger partial charge is 0.307 e. The van der Waals surface area contributed by atoms with E-state index in [0.29, 0.717) is 22.2 Å². The Balaban J connectivity index is 2.19. The van der Waals surface area contributed by atoms with Gasteiger partial charge in [0.1, 0.15) is 0 Å². The standard InChI is InChI=1S/C14H12Cl2N2O2/c1-2-12(10-6-5-9(15)8-11(10)16)17-18-14(19)13-4-3-7-20-13/h3-8H,2H2,1H3,(H,18,19). The van der Waals surface area contributed by atoms with Crippen molar-refractivity contribution < 1.29 is 9.21 Å². The lowest BCUT2D eigenvalue weighted by molar-refractivity contribution is 0.0927. The van der Waals surface area contributed by atoms with E-state index in [1.165, 1.54) is 6.26 Å². The molecule has 0 aliphatic carbocycles. The lowest BCUT2D eigenvalue weighted by Gasteiger charge is -2.07. The average molecular weight is 311 g/mol. The van der Waals surface area contributed by atoms with Crippen LogP contribution in [-0.4, -0.2) is 11.6 Å². The predicted molar refractivity (Wildman–Crippen MR) is 79.5 cm³/mol. The second kappa shape index (κ2) is 6.59. The van der Waals surface area contributed by atoms with Crippen LogP contribution in [0.15, 0.2) is 46.1 Å². The number of rotatable bonds is 4. The van der Waals surface area contributed by atoms with Crippen molar-refractivity contribution in [3.8, 4) is 0 Å². The molecular formula is C14H12Cl2N2O2. The number of furan rings is 1. The monoisotopic (exact) mass is 310 g/mol. The van der Waals surface area contributed by atoms with Crippen LogP contribution in [0.2, 0.25) is 10.0 Å². The molecule has 2 aromatic rings. The maximum absolute atomic E-state index is 11.7. The second-order valence-corrected chi connectivity index (χ2v) is 4.80. The number of nitrogens with zero attached hydrogens (tertiary/aromatic N) is 1. The van der Waals surface area contributed by atoms with Crippen molar-refractivity contribution in [3.05, 3.63) is 58.0 Å². The molecule has 0 atom stereocenters. The third-order valence-electron chi connectivity index (χ3n) is 2.61. The van der Waals surface area contributed by atoms with Crippen LogP contribution in [0.25, 0.3) is 0 Å². The first kappa shape index (κ1) is 14.6. The van der Waals surface area contributed by atoms with Gasteiger partial charge in [0.15, 0.2) is 5.76 Å². The minimum atomic E-state index is -0.411. The van der Waals surface area contributed by atoms with E-state index in [1.54, 1.807) is 30.3 Å². The largest absolute Gasteiger partial charge is 0.459 e. The molecule has 0 saturated heterocycles. The molecule has 1 N–H and O–H groups in total. The molecule has 20 heavy (non-hydrogen) atoms. The molecule has 0 fully saturated rings. The molecule has 0 unspecified atom stereocenters. The Labute approximate surface area is 126 Å². The van der Waals surface area contributed by atoms with E-state index in [9.17, 15) is 4.79 Å². The molecule has 0 saturated carbocycles. The molecule has 0 radical (unpaired) electrons.